The largest absolute Gasteiger partial charge is 0.496 e. The Morgan fingerprint density at radius 3 is 2.61 bits per heavy atom. The van der Waals surface area contributed by atoms with Gasteiger partial charge in [0.2, 0.25) is 12.3 Å². The van der Waals surface area contributed by atoms with Gasteiger partial charge in [0.05, 0.1) is 36.3 Å². The van der Waals surface area contributed by atoms with E-state index < -0.39 is 11.8 Å². The molecule has 2 unspecified atom stereocenters. The molecule has 8 nitrogen and oxygen atoms in total. The van der Waals surface area contributed by atoms with Gasteiger partial charge >= 0.3 is 5.97 Å². The van der Waals surface area contributed by atoms with Crippen LogP contribution >= 0.6 is 11.3 Å². The number of Topliss-reactive ketones (excluding diaryl/α,β-unsaturated/α-hetero) is 1. The van der Waals surface area contributed by atoms with Gasteiger partial charge in [0.15, 0.2) is 5.78 Å². The molecule has 3 aromatic rings. The molecule has 192 valence electrons. The summed E-state index contributed by atoms with van der Waals surface area (Å²) < 4.78 is 16.1. The van der Waals surface area contributed by atoms with Crippen LogP contribution in [0.5, 0.6) is 5.75 Å². The molecule has 0 aliphatic carbocycles. The van der Waals surface area contributed by atoms with E-state index in [0.29, 0.717) is 52.9 Å². The molecule has 0 aliphatic heterocycles. The molecule has 0 fully saturated rings. The Morgan fingerprint density at radius 2 is 1.97 bits per heavy atom. The number of aromatic nitrogens is 1. The summed E-state index contributed by atoms with van der Waals surface area (Å²) in [5.41, 5.74) is 2.10. The molecule has 0 bridgehead atoms. The lowest BCUT2D eigenvalue weighted by Crippen LogP contribution is -2.27. The molecule has 0 saturated carbocycles. The fraction of sp³-hybridized carbons (Fsp3) is 0.407. The van der Waals surface area contributed by atoms with Crippen molar-refractivity contribution in [3.05, 3.63) is 53.4 Å². The van der Waals surface area contributed by atoms with Gasteiger partial charge in [-0.3, -0.25) is 14.4 Å². The van der Waals surface area contributed by atoms with Crippen molar-refractivity contribution in [2.24, 2.45) is 11.8 Å². The maximum absolute atomic E-state index is 13.7. The quantitative estimate of drug-likeness (QED) is 0.173. The number of methoxy groups -OCH3 is 1. The summed E-state index contributed by atoms with van der Waals surface area (Å²) >= 11 is 1.30. The van der Waals surface area contributed by atoms with E-state index in [1.807, 2.05) is 31.2 Å². The number of hydrogen-bond donors (Lipinski definition) is 0. The molecule has 9 heteroatoms. The molecule has 2 aromatic heterocycles. The summed E-state index contributed by atoms with van der Waals surface area (Å²) in [5.74, 6) is -0.227. The van der Waals surface area contributed by atoms with Gasteiger partial charge in [0.1, 0.15) is 17.0 Å². The average molecular weight is 513 g/mol. The van der Waals surface area contributed by atoms with E-state index in [-0.39, 0.29) is 11.8 Å². The molecule has 0 spiro atoms. The van der Waals surface area contributed by atoms with Gasteiger partial charge in [-0.25, -0.2) is 4.98 Å². The van der Waals surface area contributed by atoms with Crippen molar-refractivity contribution in [1.29, 1.82) is 0 Å². The van der Waals surface area contributed by atoms with E-state index in [4.69, 9.17) is 13.9 Å². The first-order valence-corrected chi connectivity index (χ1v) is 12.7. The molecule has 36 heavy (non-hydrogen) atoms. The van der Waals surface area contributed by atoms with Crippen LogP contribution in [0.2, 0.25) is 0 Å². The van der Waals surface area contributed by atoms with Gasteiger partial charge < -0.3 is 18.8 Å². The highest BCUT2D eigenvalue weighted by atomic mass is 32.1. The van der Waals surface area contributed by atoms with Crippen LogP contribution in [0.15, 0.2) is 41.1 Å². The zero-order chi connectivity index (χ0) is 26.2. The van der Waals surface area contributed by atoms with Crippen molar-refractivity contribution in [3.8, 4) is 16.5 Å². The Kier molecular flexibility index (Phi) is 9.41. The van der Waals surface area contributed by atoms with E-state index in [0.717, 1.165) is 17.7 Å². The third kappa shape index (κ3) is 6.02. The number of thiophene rings is 1. The fourth-order valence-electron chi connectivity index (χ4n) is 4.15. The topological polar surface area (TPSA) is 98.9 Å². The summed E-state index contributed by atoms with van der Waals surface area (Å²) in [5, 5.41) is 0.534. The number of ether oxygens (including phenoxy) is 2. The van der Waals surface area contributed by atoms with Crippen LogP contribution in [0.3, 0.4) is 0 Å². The number of hydrogen-bond acceptors (Lipinski definition) is 8. The van der Waals surface area contributed by atoms with Gasteiger partial charge in [-0.1, -0.05) is 32.0 Å². The lowest BCUT2D eigenvalue weighted by atomic mass is 9.89. The second kappa shape index (κ2) is 12.5. The van der Waals surface area contributed by atoms with Crippen molar-refractivity contribution in [2.45, 2.75) is 40.5 Å². The number of rotatable bonds is 13. The highest BCUT2D eigenvalue weighted by Gasteiger charge is 2.31. The van der Waals surface area contributed by atoms with Crippen LogP contribution in [0.25, 0.3) is 10.8 Å². The third-order valence-electron chi connectivity index (χ3n) is 6.05. The second-order valence-corrected chi connectivity index (χ2v) is 9.59. The molecule has 3 rings (SSSR count). The Morgan fingerprint density at radius 1 is 1.22 bits per heavy atom. The number of para-hydroxylation sites is 1. The number of benzene rings is 1. The first kappa shape index (κ1) is 27.1. The third-order valence-corrected chi connectivity index (χ3v) is 7.36. The molecule has 1 aromatic carbocycles. The van der Waals surface area contributed by atoms with Gasteiger partial charge in [-0.15, -0.1) is 11.3 Å². The van der Waals surface area contributed by atoms with Crippen LogP contribution in [0.1, 0.15) is 48.7 Å². The SMILES string of the molecule is CCOC(=O)C(C)CC(C)C(=O)c1c(N(C=O)CCc2ccccc2OC)sc(-c2ncco2)c1C. The van der Waals surface area contributed by atoms with Crippen LogP contribution in [0, 0.1) is 18.8 Å². The lowest BCUT2D eigenvalue weighted by molar-refractivity contribution is -0.147. The predicted molar refractivity (Wildman–Crippen MR) is 139 cm³/mol. The minimum Gasteiger partial charge on any atom is -0.496 e. The molecule has 1 amide bonds. The normalized spacial score (nSPS) is 12.6. The lowest BCUT2D eigenvalue weighted by Gasteiger charge is -2.20. The van der Waals surface area contributed by atoms with Gasteiger partial charge in [0.25, 0.3) is 0 Å². The van der Waals surface area contributed by atoms with Crippen LogP contribution < -0.4 is 9.64 Å². The van der Waals surface area contributed by atoms with E-state index >= 15 is 0 Å². The molecule has 0 radical (unpaired) electrons. The fourth-order valence-corrected chi connectivity index (χ4v) is 5.39. The van der Waals surface area contributed by atoms with Crippen molar-refractivity contribution < 1.29 is 28.3 Å². The molecule has 0 N–H and O–H groups in total. The maximum atomic E-state index is 13.7. The zero-order valence-electron chi connectivity index (χ0n) is 21.3. The van der Waals surface area contributed by atoms with Gasteiger partial charge in [0, 0.05) is 12.5 Å². The van der Waals surface area contributed by atoms with Crippen molar-refractivity contribution >= 4 is 34.5 Å². The number of nitrogens with zero attached hydrogens (tertiary/aromatic N) is 2. The number of esters is 1. The Balaban J connectivity index is 1.95. The Labute approximate surface area is 215 Å². The summed E-state index contributed by atoms with van der Waals surface area (Å²) in [7, 11) is 1.61. The summed E-state index contributed by atoms with van der Waals surface area (Å²) in [6, 6.07) is 7.63. The highest BCUT2D eigenvalue weighted by molar-refractivity contribution is 7.20. The monoisotopic (exact) mass is 512 g/mol. The van der Waals surface area contributed by atoms with Gasteiger partial charge in [-0.05, 0) is 43.9 Å². The number of ketones is 1. The summed E-state index contributed by atoms with van der Waals surface area (Å²) in [6.45, 7) is 7.78. The number of carbonyl (C=O) groups is 3. The average Bonchev–Trinajstić information content (AvgIpc) is 3.52. The van der Waals surface area contributed by atoms with E-state index in [9.17, 15) is 14.4 Å². The summed E-state index contributed by atoms with van der Waals surface area (Å²) in [6.07, 6.45) is 4.62. The highest BCUT2D eigenvalue weighted by Crippen LogP contribution is 2.42. The van der Waals surface area contributed by atoms with Crippen molar-refractivity contribution in [1.82, 2.24) is 4.98 Å². The van der Waals surface area contributed by atoms with Crippen LogP contribution in [0.4, 0.5) is 5.00 Å². The summed E-state index contributed by atoms with van der Waals surface area (Å²) in [4.78, 5) is 44.6. The van der Waals surface area contributed by atoms with E-state index in [1.54, 1.807) is 39.0 Å². The van der Waals surface area contributed by atoms with Crippen molar-refractivity contribution in [2.75, 3.05) is 25.2 Å². The van der Waals surface area contributed by atoms with Crippen LogP contribution in [-0.2, 0) is 20.7 Å². The second-order valence-electron chi connectivity index (χ2n) is 8.59. The number of oxazole rings is 1. The number of anilines is 1. The maximum Gasteiger partial charge on any atom is 0.308 e. The molecule has 2 atom stereocenters. The minimum absolute atomic E-state index is 0.142. The molecular formula is C27H32N2O6S. The van der Waals surface area contributed by atoms with Gasteiger partial charge in [-0.2, -0.15) is 0 Å². The number of amides is 1. The first-order chi connectivity index (χ1) is 17.3. The van der Waals surface area contributed by atoms with Crippen molar-refractivity contribution in [3.63, 3.8) is 0 Å². The molecule has 2 heterocycles. The zero-order valence-corrected chi connectivity index (χ0v) is 22.1. The molecular weight excluding hydrogens is 480 g/mol. The van der Waals surface area contributed by atoms with E-state index in [2.05, 4.69) is 4.98 Å². The smallest absolute Gasteiger partial charge is 0.308 e. The van der Waals surface area contributed by atoms with Crippen LogP contribution in [-0.4, -0.2) is 43.4 Å². The predicted octanol–water partition coefficient (Wildman–Crippen LogP) is 5.33. The minimum atomic E-state index is -0.461. The molecule has 0 aliphatic rings. The Hall–Kier alpha value is -3.46. The first-order valence-electron chi connectivity index (χ1n) is 11.9. The molecule has 0 saturated heterocycles. The standard InChI is InChI=1S/C27H32N2O6S/c1-6-34-27(32)18(3)15-17(2)23(31)22-19(4)24(25-28-12-14-35-25)36-26(22)29(16-30)13-11-20-9-7-8-10-21(20)33-5/h7-10,12,14,16-18H,6,11,13,15H2,1-5H3. The van der Waals surface area contributed by atoms with E-state index in [1.165, 1.54) is 17.6 Å². The Bertz CT molecular complexity index is 1190. The number of carbonyl (C=O) groups excluding carboxylic acids is 3.